The van der Waals surface area contributed by atoms with Gasteiger partial charge in [-0.25, -0.2) is 0 Å². The van der Waals surface area contributed by atoms with Crippen LogP contribution in [0.15, 0.2) is 12.7 Å². The van der Waals surface area contributed by atoms with Gasteiger partial charge in [-0.05, 0) is 53.5 Å². The first-order chi connectivity index (χ1) is 6.95. The van der Waals surface area contributed by atoms with Gasteiger partial charge >= 0.3 is 0 Å². The van der Waals surface area contributed by atoms with Crippen LogP contribution in [0.25, 0.3) is 0 Å². The van der Waals surface area contributed by atoms with Crippen LogP contribution in [0, 0.1) is 0 Å². The van der Waals surface area contributed by atoms with Crippen LogP contribution in [0.1, 0.15) is 47.0 Å². The zero-order valence-corrected chi connectivity index (χ0v) is 10.8. The zero-order chi connectivity index (χ0) is 11.7. The Hall–Kier alpha value is -0.340. The van der Waals surface area contributed by atoms with E-state index >= 15 is 0 Å². The third-order valence-electron chi connectivity index (χ3n) is 2.17. The van der Waals surface area contributed by atoms with Crippen molar-refractivity contribution in [2.75, 3.05) is 13.2 Å². The summed E-state index contributed by atoms with van der Waals surface area (Å²) in [5, 5.41) is 3.47. The first-order valence-electron chi connectivity index (χ1n) is 5.93. The van der Waals surface area contributed by atoms with Crippen molar-refractivity contribution in [3.8, 4) is 0 Å². The summed E-state index contributed by atoms with van der Waals surface area (Å²) in [6, 6.07) is 0. The number of ether oxygens (including phenoxy) is 1. The van der Waals surface area contributed by atoms with Crippen LogP contribution in [0.5, 0.6) is 0 Å². The summed E-state index contributed by atoms with van der Waals surface area (Å²) >= 11 is 0. The Balaban J connectivity index is 3.31. The lowest BCUT2D eigenvalue weighted by atomic mass is 10.1. The van der Waals surface area contributed by atoms with Crippen LogP contribution < -0.4 is 5.32 Å². The third-order valence-corrected chi connectivity index (χ3v) is 2.17. The van der Waals surface area contributed by atoms with Crippen molar-refractivity contribution in [1.29, 1.82) is 0 Å². The third kappa shape index (κ3) is 11.6. The highest BCUT2D eigenvalue weighted by molar-refractivity contribution is 4.70. The molecule has 0 aromatic heterocycles. The molecule has 0 aliphatic carbocycles. The topological polar surface area (TPSA) is 21.3 Å². The van der Waals surface area contributed by atoms with E-state index in [-0.39, 0.29) is 5.54 Å². The monoisotopic (exact) mass is 213 g/mol. The second-order valence-electron chi connectivity index (χ2n) is 5.08. The van der Waals surface area contributed by atoms with E-state index in [1.807, 2.05) is 6.08 Å². The Kier molecular flexibility index (Phi) is 7.71. The molecule has 2 nitrogen and oxygen atoms in total. The molecule has 90 valence electrons. The molecule has 0 heterocycles. The Morgan fingerprint density at radius 1 is 1.40 bits per heavy atom. The second-order valence-corrected chi connectivity index (χ2v) is 5.08. The highest BCUT2D eigenvalue weighted by atomic mass is 16.5. The van der Waals surface area contributed by atoms with Gasteiger partial charge in [0.05, 0.1) is 12.7 Å². The molecule has 0 aromatic rings. The van der Waals surface area contributed by atoms with Crippen LogP contribution in [-0.2, 0) is 4.74 Å². The van der Waals surface area contributed by atoms with Crippen molar-refractivity contribution in [3.63, 3.8) is 0 Å². The molecule has 0 fully saturated rings. The minimum absolute atomic E-state index is 0.229. The molecular weight excluding hydrogens is 186 g/mol. The van der Waals surface area contributed by atoms with E-state index in [0.29, 0.717) is 6.10 Å². The standard InChI is InChI=1S/C13H27NO/c1-6-7-11-15-12(2)9-8-10-14-13(3,4)5/h6,12,14H,1,7-11H2,2-5H3. The van der Waals surface area contributed by atoms with Gasteiger partial charge in [-0.15, -0.1) is 6.58 Å². The van der Waals surface area contributed by atoms with Gasteiger partial charge in [-0.1, -0.05) is 6.08 Å². The maximum absolute atomic E-state index is 5.62. The molecule has 0 rings (SSSR count). The van der Waals surface area contributed by atoms with Gasteiger partial charge in [0, 0.05) is 5.54 Å². The number of rotatable bonds is 8. The van der Waals surface area contributed by atoms with Crippen LogP contribution in [0.3, 0.4) is 0 Å². The van der Waals surface area contributed by atoms with Crippen LogP contribution >= 0.6 is 0 Å². The van der Waals surface area contributed by atoms with Gasteiger partial charge in [0.2, 0.25) is 0 Å². The highest BCUT2D eigenvalue weighted by Gasteiger charge is 2.08. The smallest absolute Gasteiger partial charge is 0.0547 e. The minimum atomic E-state index is 0.229. The van der Waals surface area contributed by atoms with Crippen molar-refractivity contribution >= 4 is 0 Å². The van der Waals surface area contributed by atoms with E-state index in [0.717, 1.165) is 26.0 Å². The SMILES string of the molecule is C=CCCOC(C)CCCNC(C)(C)C. The molecule has 0 aliphatic rings. The van der Waals surface area contributed by atoms with Crippen molar-refractivity contribution in [2.45, 2.75) is 58.6 Å². The minimum Gasteiger partial charge on any atom is -0.378 e. The number of hydrogen-bond donors (Lipinski definition) is 1. The first kappa shape index (κ1) is 14.7. The molecule has 0 saturated heterocycles. The zero-order valence-electron chi connectivity index (χ0n) is 10.8. The molecule has 2 heteroatoms. The lowest BCUT2D eigenvalue weighted by Gasteiger charge is -2.21. The van der Waals surface area contributed by atoms with Crippen LogP contribution in [0.4, 0.5) is 0 Å². The van der Waals surface area contributed by atoms with Gasteiger partial charge in [0.1, 0.15) is 0 Å². The van der Waals surface area contributed by atoms with Gasteiger partial charge in [-0.3, -0.25) is 0 Å². The first-order valence-corrected chi connectivity index (χ1v) is 5.93. The molecule has 0 radical (unpaired) electrons. The molecule has 0 aliphatic heterocycles. The van der Waals surface area contributed by atoms with E-state index in [1.54, 1.807) is 0 Å². The van der Waals surface area contributed by atoms with E-state index in [9.17, 15) is 0 Å². The number of hydrogen-bond acceptors (Lipinski definition) is 2. The molecule has 1 atom stereocenters. The molecule has 0 aromatic carbocycles. The fourth-order valence-electron chi connectivity index (χ4n) is 1.29. The van der Waals surface area contributed by atoms with Gasteiger partial charge in [0.15, 0.2) is 0 Å². The van der Waals surface area contributed by atoms with Gasteiger partial charge in [-0.2, -0.15) is 0 Å². The Morgan fingerprint density at radius 3 is 2.60 bits per heavy atom. The maximum Gasteiger partial charge on any atom is 0.0547 e. The summed E-state index contributed by atoms with van der Waals surface area (Å²) in [4.78, 5) is 0. The quantitative estimate of drug-likeness (QED) is 0.494. The molecule has 0 saturated carbocycles. The van der Waals surface area contributed by atoms with Crippen molar-refractivity contribution in [2.24, 2.45) is 0 Å². The summed E-state index contributed by atoms with van der Waals surface area (Å²) in [6.45, 7) is 14.3. The average molecular weight is 213 g/mol. The fraction of sp³-hybridized carbons (Fsp3) is 0.846. The van der Waals surface area contributed by atoms with Crippen molar-refractivity contribution < 1.29 is 4.74 Å². The van der Waals surface area contributed by atoms with E-state index < -0.39 is 0 Å². The lowest BCUT2D eigenvalue weighted by molar-refractivity contribution is 0.0620. The van der Waals surface area contributed by atoms with Crippen LogP contribution in [0.2, 0.25) is 0 Å². The molecule has 15 heavy (non-hydrogen) atoms. The molecule has 1 unspecified atom stereocenters. The second kappa shape index (κ2) is 7.89. The summed E-state index contributed by atoms with van der Waals surface area (Å²) in [5.41, 5.74) is 0.229. The molecule has 0 amide bonds. The maximum atomic E-state index is 5.62. The normalized spacial score (nSPS) is 13.9. The summed E-state index contributed by atoms with van der Waals surface area (Å²) in [5.74, 6) is 0. The summed E-state index contributed by atoms with van der Waals surface area (Å²) in [7, 11) is 0. The van der Waals surface area contributed by atoms with Crippen LogP contribution in [-0.4, -0.2) is 24.8 Å². The van der Waals surface area contributed by atoms with Crippen molar-refractivity contribution in [3.05, 3.63) is 12.7 Å². The molecule has 1 N–H and O–H groups in total. The summed E-state index contributed by atoms with van der Waals surface area (Å²) in [6.07, 6.45) is 5.51. The van der Waals surface area contributed by atoms with E-state index in [2.05, 4.69) is 39.6 Å². The molecular formula is C13H27NO. The van der Waals surface area contributed by atoms with E-state index in [1.165, 1.54) is 6.42 Å². The summed E-state index contributed by atoms with van der Waals surface area (Å²) < 4.78 is 5.62. The van der Waals surface area contributed by atoms with Gasteiger partial charge in [0.25, 0.3) is 0 Å². The lowest BCUT2D eigenvalue weighted by Crippen LogP contribution is -2.36. The fourth-order valence-corrected chi connectivity index (χ4v) is 1.29. The Morgan fingerprint density at radius 2 is 2.07 bits per heavy atom. The predicted octanol–water partition coefficient (Wildman–Crippen LogP) is 3.14. The largest absolute Gasteiger partial charge is 0.378 e. The average Bonchev–Trinajstić information content (AvgIpc) is 2.11. The van der Waals surface area contributed by atoms with E-state index in [4.69, 9.17) is 4.74 Å². The highest BCUT2D eigenvalue weighted by Crippen LogP contribution is 2.04. The number of nitrogens with one attached hydrogen (secondary N) is 1. The Bertz CT molecular complexity index is 160. The predicted molar refractivity (Wildman–Crippen MR) is 67.2 cm³/mol. The molecule has 0 spiro atoms. The van der Waals surface area contributed by atoms with Crippen molar-refractivity contribution in [1.82, 2.24) is 5.32 Å². The molecule has 0 bridgehead atoms. The van der Waals surface area contributed by atoms with Gasteiger partial charge < -0.3 is 10.1 Å². The Labute approximate surface area is 95.1 Å².